The van der Waals surface area contributed by atoms with E-state index >= 15 is 0 Å². The minimum absolute atomic E-state index is 0.236. The summed E-state index contributed by atoms with van der Waals surface area (Å²) in [6, 6.07) is 5.09. The van der Waals surface area contributed by atoms with Crippen molar-refractivity contribution in [2.45, 2.75) is 57.0 Å². The lowest BCUT2D eigenvalue weighted by atomic mass is 9.95. The first kappa shape index (κ1) is 14.3. The first-order valence-corrected chi connectivity index (χ1v) is 9.36. The molecule has 3 heterocycles. The Morgan fingerprint density at radius 3 is 2.64 bits per heavy atom. The molecule has 0 bridgehead atoms. The van der Waals surface area contributed by atoms with E-state index in [1.54, 1.807) is 0 Å². The summed E-state index contributed by atoms with van der Waals surface area (Å²) >= 11 is 1.82. The Morgan fingerprint density at radius 1 is 1.09 bits per heavy atom. The van der Waals surface area contributed by atoms with E-state index in [-0.39, 0.29) is 6.04 Å². The van der Waals surface area contributed by atoms with Gasteiger partial charge in [0.25, 0.3) is 0 Å². The SMILES string of the molecule is c1csc([C@@H](c2nnnn2C2CCCCC2)N2CCCC2)c1. The third-order valence-electron chi connectivity index (χ3n) is 5.00. The van der Waals surface area contributed by atoms with Crippen molar-refractivity contribution >= 4 is 11.3 Å². The summed E-state index contributed by atoms with van der Waals surface area (Å²) in [6.07, 6.45) is 8.97. The molecule has 0 N–H and O–H groups in total. The summed E-state index contributed by atoms with van der Waals surface area (Å²) in [5, 5.41) is 15.0. The summed E-state index contributed by atoms with van der Waals surface area (Å²) < 4.78 is 2.14. The van der Waals surface area contributed by atoms with E-state index in [1.165, 1.54) is 49.8 Å². The lowest BCUT2D eigenvalue weighted by molar-refractivity contribution is 0.247. The molecule has 1 aliphatic carbocycles. The van der Waals surface area contributed by atoms with E-state index in [0.29, 0.717) is 6.04 Å². The number of hydrogen-bond acceptors (Lipinski definition) is 5. The van der Waals surface area contributed by atoms with Gasteiger partial charge in [0.15, 0.2) is 5.82 Å². The number of aromatic nitrogens is 4. The van der Waals surface area contributed by atoms with Crippen LogP contribution in [0.15, 0.2) is 17.5 Å². The zero-order valence-electron chi connectivity index (χ0n) is 12.9. The molecule has 5 nitrogen and oxygen atoms in total. The molecule has 118 valence electrons. The minimum Gasteiger partial charge on any atom is -0.289 e. The molecule has 1 saturated heterocycles. The highest BCUT2D eigenvalue weighted by Crippen LogP contribution is 2.36. The van der Waals surface area contributed by atoms with Crippen LogP contribution in [0.4, 0.5) is 0 Å². The van der Waals surface area contributed by atoms with Gasteiger partial charge >= 0.3 is 0 Å². The summed E-state index contributed by atoms with van der Waals surface area (Å²) in [7, 11) is 0. The van der Waals surface area contributed by atoms with E-state index in [4.69, 9.17) is 0 Å². The number of nitrogens with zero attached hydrogens (tertiary/aromatic N) is 5. The summed E-state index contributed by atoms with van der Waals surface area (Å²) in [6.45, 7) is 2.31. The molecular formula is C16H23N5S. The molecule has 0 unspecified atom stereocenters. The van der Waals surface area contributed by atoms with Crippen LogP contribution in [0.25, 0.3) is 0 Å². The molecule has 0 amide bonds. The van der Waals surface area contributed by atoms with Gasteiger partial charge in [0, 0.05) is 4.88 Å². The second-order valence-electron chi connectivity index (χ2n) is 6.43. The number of hydrogen-bond donors (Lipinski definition) is 0. The number of tetrazole rings is 1. The van der Waals surface area contributed by atoms with Crippen molar-refractivity contribution < 1.29 is 0 Å². The molecule has 2 aromatic rings. The Labute approximate surface area is 135 Å². The molecule has 2 aromatic heterocycles. The van der Waals surface area contributed by atoms with Gasteiger partial charge in [-0.05, 0) is 60.6 Å². The van der Waals surface area contributed by atoms with E-state index in [0.717, 1.165) is 18.9 Å². The number of thiophene rings is 1. The zero-order valence-corrected chi connectivity index (χ0v) is 13.7. The van der Waals surface area contributed by atoms with Crippen LogP contribution < -0.4 is 0 Å². The molecule has 1 saturated carbocycles. The topological polar surface area (TPSA) is 46.8 Å². The van der Waals surface area contributed by atoms with E-state index in [2.05, 4.69) is 42.6 Å². The Kier molecular flexibility index (Phi) is 4.21. The van der Waals surface area contributed by atoms with Gasteiger partial charge in [-0.3, -0.25) is 4.90 Å². The van der Waals surface area contributed by atoms with Gasteiger partial charge in [-0.2, -0.15) is 0 Å². The van der Waals surface area contributed by atoms with Crippen LogP contribution in [-0.4, -0.2) is 38.2 Å². The highest BCUT2D eigenvalue weighted by molar-refractivity contribution is 7.10. The average molecular weight is 317 g/mol. The van der Waals surface area contributed by atoms with Crippen LogP contribution in [0.1, 0.15) is 67.7 Å². The predicted octanol–water partition coefficient (Wildman–Crippen LogP) is 3.43. The van der Waals surface area contributed by atoms with Gasteiger partial charge in [-0.15, -0.1) is 16.4 Å². The molecular weight excluding hydrogens is 294 g/mol. The summed E-state index contributed by atoms with van der Waals surface area (Å²) in [5.41, 5.74) is 0. The lowest BCUT2D eigenvalue weighted by Crippen LogP contribution is -2.30. The number of rotatable bonds is 4. The largest absolute Gasteiger partial charge is 0.289 e. The van der Waals surface area contributed by atoms with Gasteiger partial charge < -0.3 is 0 Å². The van der Waals surface area contributed by atoms with Crippen molar-refractivity contribution in [3.05, 3.63) is 28.2 Å². The van der Waals surface area contributed by atoms with Gasteiger partial charge in [-0.25, -0.2) is 4.68 Å². The molecule has 1 aliphatic heterocycles. The molecule has 2 fully saturated rings. The summed E-state index contributed by atoms with van der Waals surface area (Å²) in [4.78, 5) is 3.92. The standard InChI is InChI=1S/C16H23N5S/c1-2-7-13(8-3-1)21-16(17-18-19-21)15(14-9-6-12-22-14)20-10-4-5-11-20/h6,9,12-13,15H,1-5,7-8,10-11H2/t15-/m0/s1. The second kappa shape index (κ2) is 6.46. The smallest absolute Gasteiger partial charge is 0.174 e. The normalized spacial score (nSPS) is 22.2. The fourth-order valence-electron chi connectivity index (χ4n) is 3.88. The first-order chi connectivity index (χ1) is 10.9. The molecule has 2 aliphatic rings. The van der Waals surface area contributed by atoms with Crippen molar-refractivity contribution in [1.82, 2.24) is 25.1 Å². The van der Waals surface area contributed by atoms with Crippen LogP contribution in [0.3, 0.4) is 0 Å². The van der Waals surface area contributed by atoms with Gasteiger partial charge in [-0.1, -0.05) is 25.3 Å². The number of likely N-dealkylation sites (tertiary alicyclic amines) is 1. The van der Waals surface area contributed by atoms with Crippen LogP contribution in [0.5, 0.6) is 0 Å². The third kappa shape index (κ3) is 2.70. The first-order valence-electron chi connectivity index (χ1n) is 8.49. The van der Waals surface area contributed by atoms with Crippen molar-refractivity contribution in [1.29, 1.82) is 0 Å². The maximum atomic E-state index is 4.46. The van der Waals surface area contributed by atoms with Crippen LogP contribution in [0, 0.1) is 0 Å². The van der Waals surface area contributed by atoms with E-state index in [9.17, 15) is 0 Å². The van der Waals surface area contributed by atoms with Crippen molar-refractivity contribution in [3.63, 3.8) is 0 Å². The van der Waals surface area contributed by atoms with E-state index < -0.39 is 0 Å². The minimum atomic E-state index is 0.236. The second-order valence-corrected chi connectivity index (χ2v) is 7.41. The monoisotopic (exact) mass is 317 g/mol. The predicted molar refractivity (Wildman–Crippen MR) is 86.9 cm³/mol. The third-order valence-corrected chi connectivity index (χ3v) is 5.93. The maximum Gasteiger partial charge on any atom is 0.174 e. The molecule has 0 aromatic carbocycles. The fraction of sp³-hybridized carbons (Fsp3) is 0.688. The Balaban J connectivity index is 1.69. The van der Waals surface area contributed by atoms with Gasteiger partial charge in [0.05, 0.1) is 6.04 Å². The van der Waals surface area contributed by atoms with Crippen LogP contribution in [0.2, 0.25) is 0 Å². The molecule has 0 spiro atoms. The van der Waals surface area contributed by atoms with Gasteiger partial charge in [0.2, 0.25) is 0 Å². The summed E-state index contributed by atoms with van der Waals surface area (Å²) in [5.74, 6) is 1.05. The molecule has 22 heavy (non-hydrogen) atoms. The Bertz CT molecular complexity index is 581. The van der Waals surface area contributed by atoms with Crippen molar-refractivity contribution in [2.24, 2.45) is 0 Å². The van der Waals surface area contributed by atoms with Crippen LogP contribution >= 0.6 is 11.3 Å². The van der Waals surface area contributed by atoms with Crippen LogP contribution in [-0.2, 0) is 0 Å². The molecule has 0 radical (unpaired) electrons. The Hall–Kier alpha value is -1.27. The van der Waals surface area contributed by atoms with Gasteiger partial charge in [0.1, 0.15) is 6.04 Å². The maximum absolute atomic E-state index is 4.46. The average Bonchev–Trinajstić information content (AvgIpc) is 3.32. The Morgan fingerprint density at radius 2 is 1.91 bits per heavy atom. The van der Waals surface area contributed by atoms with Crippen molar-refractivity contribution in [3.8, 4) is 0 Å². The highest BCUT2D eigenvalue weighted by atomic mass is 32.1. The quantitative estimate of drug-likeness (QED) is 0.867. The zero-order chi connectivity index (χ0) is 14.8. The molecule has 4 rings (SSSR count). The van der Waals surface area contributed by atoms with Crippen molar-refractivity contribution in [2.75, 3.05) is 13.1 Å². The van der Waals surface area contributed by atoms with E-state index in [1.807, 2.05) is 11.3 Å². The highest BCUT2D eigenvalue weighted by Gasteiger charge is 2.32. The molecule has 6 heteroatoms. The fourth-order valence-corrected chi connectivity index (χ4v) is 4.74. The lowest BCUT2D eigenvalue weighted by Gasteiger charge is -2.29. The molecule has 1 atom stereocenters.